The lowest BCUT2D eigenvalue weighted by Gasteiger charge is -2.34. The predicted molar refractivity (Wildman–Crippen MR) is 68.7 cm³/mol. The minimum Gasteiger partial charge on any atom is -0.357 e. The van der Waals surface area contributed by atoms with Gasteiger partial charge >= 0.3 is 0 Å². The normalized spacial score (nSPS) is 35.8. The fourth-order valence-corrected chi connectivity index (χ4v) is 3.24. The van der Waals surface area contributed by atoms with Gasteiger partial charge < -0.3 is 16.0 Å². The Kier molecular flexibility index (Phi) is 3.61. The molecule has 1 aliphatic carbocycles. The van der Waals surface area contributed by atoms with Gasteiger partial charge in [0, 0.05) is 19.6 Å². The first-order chi connectivity index (χ1) is 8.50. The van der Waals surface area contributed by atoms with Crippen molar-refractivity contribution in [1.82, 2.24) is 10.2 Å². The van der Waals surface area contributed by atoms with Crippen molar-refractivity contribution in [3.05, 3.63) is 0 Å². The maximum absolute atomic E-state index is 12.7. The molecule has 2 rings (SSSR count). The second-order valence-corrected chi connectivity index (χ2v) is 5.69. The molecule has 0 aromatic rings. The number of nitrogens with two attached hydrogens (primary N) is 1. The number of hydrogen-bond donors (Lipinski definition) is 2. The molecule has 1 aliphatic heterocycles. The van der Waals surface area contributed by atoms with Crippen LogP contribution in [0.4, 0.5) is 0 Å². The van der Waals surface area contributed by atoms with Gasteiger partial charge in [0.25, 0.3) is 0 Å². The molecule has 0 radical (unpaired) electrons. The van der Waals surface area contributed by atoms with Gasteiger partial charge in [0.1, 0.15) is 6.04 Å². The van der Waals surface area contributed by atoms with Crippen LogP contribution in [0.3, 0.4) is 0 Å². The van der Waals surface area contributed by atoms with Gasteiger partial charge in [-0.05, 0) is 32.6 Å². The average molecular weight is 253 g/mol. The van der Waals surface area contributed by atoms with Crippen LogP contribution in [-0.2, 0) is 9.59 Å². The van der Waals surface area contributed by atoms with Crippen LogP contribution in [0.2, 0.25) is 0 Å². The Morgan fingerprint density at radius 1 is 1.33 bits per heavy atom. The van der Waals surface area contributed by atoms with Crippen LogP contribution in [0.25, 0.3) is 0 Å². The summed E-state index contributed by atoms with van der Waals surface area (Å²) in [7, 11) is 1.62. The van der Waals surface area contributed by atoms with E-state index in [1.807, 2.05) is 6.92 Å². The van der Waals surface area contributed by atoms with Gasteiger partial charge in [-0.1, -0.05) is 6.42 Å². The highest BCUT2D eigenvalue weighted by Gasteiger charge is 2.48. The van der Waals surface area contributed by atoms with E-state index in [4.69, 9.17) is 5.73 Å². The van der Waals surface area contributed by atoms with Crippen LogP contribution >= 0.6 is 0 Å². The third-order valence-corrected chi connectivity index (χ3v) is 4.58. The predicted octanol–water partition coefficient (Wildman–Crippen LogP) is 0.241. The number of hydrogen-bond acceptors (Lipinski definition) is 3. The van der Waals surface area contributed by atoms with Crippen LogP contribution < -0.4 is 11.1 Å². The minimum atomic E-state index is -0.476. The van der Waals surface area contributed by atoms with Crippen molar-refractivity contribution >= 4 is 11.8 Å². The average Bonchev–Trinajstić information content (AvgIpc) is 2.96. The first-order valence-electron chi connectivity index (χ1n) is 6.79. The van der Waals surface area contributed by atoms with Crippen LogP contribution in [0.5, 0.6) is 0 Å². The monoisotopic (exact) mass is 253 g/mol. The first-order valence-corrected chi connectivity index (χ1v) is 6.79. The lowest BCUT2D eigenvalue weighted by molar-refractivity contribution is -0.146. The molecule has 5 nitrogen and oxygen atoms in total. The summed E-state index contributed by atoms with van der Waals surface area (Å²) in [4.78, 5) is 26.2. The zero-order valence-corrected chi connectivity index (χ0v) is 11.2. The molecule has 3 atom stereocenters. The summed E-state index contributed by atoms with van der Waals surface area (Å²) in [6, 6.07) is -0.372. The van der Waals surface area contributed by atoms with E-state index in [-0.39, 0.29) is 23.9 Å². The molecular formula is C13H23N3O2. The van der Waals surface area contributed by atoms with Crippen LogP contribution in [0.15, 0.2) is 0 Å². The van der Waals surface area contributed by atoms with Gasteiger partial charge in [0.15, 0.2) is 0 Å². The first kappa shape index (κ1) is 13.3. The van der Waals surface area contributed by atoms with Crippen LogP contribution in [-0.4, -0.2) is 42.4 Å². The number of likely N-dealkylation sites (N-methyl/N-ethyl adjacent to an activating group) is 1. The highest BCUT2D eigenvalue weighted by Crippen LogP contribution is 2.39. The summed E-state index contributed by atoms with van der Waals surface area (Å²) in [5, 5.41) is 2.64. The molecule has 0 bridgehead atoms. The Morgan fingerprint density at radius 2 is 2.06 bits per heavy atom. The Balaban J connectivity index is 2.15. The molecule has 3 unspecified atom stereocenters. The summed E-state index contributed by atoms with van der Waals surface area (Å²) in [5.74, 6) is 0.00891. The smallest absolute Gasteiger partial charge is 0.242 e. The molecule has 2 fully saturated rings. The SMILES string of the molecule is CNC(=O)C1CCCN1C(=O)C1(C)CCCC1N. The molecule has 1 saturated heterocycles. The highest BCUT2D eigenvalue weighted by molar-refractivity contribution is 5.91. The van der Waals surface area contributed by atoms with E-state index in [9.17, 15) is 9.59 Å². The van der Waals surface area contributed by atoms with Gasteiger partial charge in [0.2, 0.25) is 11.8 Å². The summed E-state index contributed by atoms with van der Waals surface area (Å²) in [5.41, 5.74) is 5.61. The van der Waals surface area contributed by atoms with E-state index in [0.29, 0.717) is 6.54 Å². The molecule has 0 spiro atoms. The molecule has 1 saturated carbocycles. The summed E-state index contributed by atoms with van der Waals surface area (Å²) >= 11 is 0. The number of nitrogens with zero attached hydrogens (tertiary/aromatic N) is 1. The number of nitrogens with one attached hydrogen (secondary N) is 1. The van der Waals surface area contributed by atoms with E-state index in [2.05, 4.69) is 5.32 Å². The van der Waals surface area contributed by atoms with Crippen molar-refractivity contribution < 1.29 is 9.59 Å². The molecule has 18 heavy (non-hydrogen) atoms. The van der Waals surface area contributed by atoms with Crippen LogP contribution in [0, 0.1) is 5.41 Å². The maximum atomic E-state index is 12.7. The zero-order chi connectivity index (χ0) is 13.3. The molecule has 2 amide bonds. The van der Waals surface area contributed by atoms with E-state index in [1.54, 1.807) is 11.9 Å². The molecule has 0 aromatic carbocycles. The van der Waals surface area contributed by atoms with Gasteiger partial charge in [-0.2, -0.15) is 0 Å². The number of carbonyl (C=O) groups is 2. The van der Waals surface area contributed by atoms with Crippen molar-refractivity contribution in [3.63, 3.8) is 0 Å². The molecule has 2 aliphatic rings. The minimum absolute atomic E-state index is 0.0592. The summed E-state index contributed by atoms with van der Waals surface area (Å²) in [6.07, 6.45) is 4.40. The van der Waals surface area contributed by atoms with Crippen molar-refractivity contribution in [2.24, 2.45) is 11.1 Å². The highest BCUT2D eigenvalue weighted by atomic mass is 16.2. The molecule has 3 N–H and O–H groups in total. The number of rotatable bonds is 2. The van der Waals surface area contributed by atoms with Crippen molar-refractivity contribution in [1.29, 1.82) is 0 Å². The fraction of sp³-hybridized carbons (Fsp3) is 0.846. The van der Waals surface area contributed by atoms with Crippen molar-refractivity contribution in [2.45, 2.75) is 51.1 Å². The lowest BCUT2D eigenvalue weighted by Crippen LogP contribution is -2.53. The topological polar surface area (TPSA) is 75.4 Å². The largest absolute Gasteiger partial charge is 0.357 e. The van der Waals surface area contributed by atoms with Gasteiger partial charge in [-0.25, -0.2) is 0 Å². The Labute approximate surface area is 108 Å². The zero-order valence-electron chi connectivity index (χ0n) is 11.2. The van der Waals surface area contributed by atoms with Crippen molar-refractivity contribution in [2.75, 3.05) is 13.6 Å². The fourth-order valence-electron chi connectivity index (χ4n) is 3.24. The van der Waals surface area contributed by atoms with E-state index >= 15 is 0 Å². The molecule has 102 valence electrons. The molecule has 5 heteroatoms. The van der Waals surface area contributed by atoms with E-state index < -0.39 is 5.41 Å². The Hall–Kier alpha value is -1.10. The molecule has 1 heterocycles. The Bertz CT molecular complexity index is 358. The summed E-state index contributed by atoms with van der Waals surface area (Å²) in [6.45, 7) is 2.63. The van der Waals surface area contributed by atoms with Crippen LogP contribution in [0.1, 0.15) is 39.0 Å². The molecule has 0 aromatic heterocycles. The number of likely N-dealkylation sites (tertiary alicyclic amines) is 1. The summed E-state index contributed by atoms with van der Waals surface area (Å²) < 4.78 is 0. The number of carbonyl (C=O) groups excluding carboxylic acids is 2. The third-order valence-electron chi connectivity index (χ3n) is 4.58. The van der Waals surface area contributed by atoms with Crippen molar-refractivity contribution in [3.8, 4) is 0 Å². The van der Waals surface area contributed by atoms with Gasteiger partial charge in [-0.15, -0.1) is 0 Å². The van der Waals surface area contributed by atoms with E-state index in [0.717, 1.165) is 32.1 Å². The van der Waals surface area contributed by atoms with E-state index in [1.165, 1.54) is 0 Å². The third kappa shape index (κ3) is 2.00. The number of amides is 2. The van der Waals surface area contributed by atoms with Gasteiger partial charge in [-0.3, -0.25) is 9.59 Å². The quantitative estimate of drug-likeness (QED) is 0.740. The molecular weight excluding hydrogens is 230 g/mol. The van der Waals surface area contributed by atoms with Gasteiger partial charge in [0.05, 0.1) is 5.41 Å². The second kappa shape index (κ2) is 4.88. The standard InChI is InChI=1S/C13H23N3O2/c1-13(7-3-6-10(13)14)12(18)16-8-4-5-9(16)11(17)15-2/h9-10H,3-8,14H2,1-2H3,(H,15,17). The maximum Gasteiger partial charge on any atom is 0.242 e. The Morgan fingerprint density at radius 3 is 2.61 bits per heavy atom. The second-order valence-electron chi connectivity index (χ2n) is 5.69. The lowest BCUT2D eigenvalue weighted by atomic mass is 9.83.